The summed E-state index contributed by atoms with van der Waals surface area (Å²) in [5.41, 5.74) is 1.37. The summed E-state index contributed by atoms with van der Waals surface area (Å²) in [5, 5.41) is 13.8. The Hall–Kier alpha value is -3.13. The molecule has 126 valence electrons. The van der Waals surface area contributed by atoms with E-state index in [9.17, 15) is 14.9 Å². The predicted molar refractivity (Wildman–Crippen MR) is 96.9 cm³/mol. The second-order valence-electron chi connectivity index (χ2n) is 5.03. The van der Waals surface area contributed by atoms with Crippen LogP contribution in [0, 0.1) is 10.1 Å². The van der Waals surface area contributed by atoms with Crippen LogP contribution in [0.2, 0.25) is 0 Å². The Bertz CT molecular complexity index is 891. The van der Waals surface area contributed by atoms with Gasteiger partial charge in [0.15, 0.2) is 5.17 Å². The van der Waals surface area contributed by atoms with E-state index in [4.69, 9.17) is 4.74 Å². The van der Waals surface area contributed by atoms with Gasteiger partial charge in [0.1, 0.15) is 5.75 Å². The van der Waals surface area contributed by atoms with E-state index in [0.29, 0.717) is 27.1 Å². The normalized spacial score (nSPS) is 16.9. The standard InChI is InChI=1S/C17H13N3O4S/c1-24-14-4-2-3-12(10-14)18-17-19-16(21)15(25-17)9-11-5-7-13(8-6-11)20(22)23/h2-10H,1H3,(H,18,19,21)/b15-9-. The number of non-ortho nitro benzene ring substituents is 1. The highest BCUT2D eigenvalue weighted by atomic mass is 32.2. The lowest BCUT2D eigenvalue weighted by molar-refractivity contribution is -0.384. The molecular weight excluding hydrogens is 342 g/mol. The Labute approximate surface area is 147 Å². The number of carbonyl (C=O) groups is 1. The topological polar surface area (TPSA) is 93.8 Å². The van der Waals surface area contributed by atoms with Crippen LogP contribution in [0.25, 0.3) is 6.08 Å². The Morgan fingerprint density at radius 1 is 1.24 bits per heavy atom. The molecule has 0 unspecified atom stereocenters. The molecule has 0 aliphatic carbocycles. The first-order valence-electron chi connectivity index (χ1n) is 7.23. The molecule has 0 atom stereocenters. The molecule has 0 radical (unpaired) electrons. The van der Waals surface area contributed by atoms with Gasteiger partial charge in [-0.15, -0.1) is 0 Å². The van der Waals surface area contributed by atoms with Crippen LogP contribution in [0.5, 0.6) is 5.75 Å². The van der Waals surface area contributed by atoms with Crippen molar-refractivity contribution in [1.29, 1.82) is 0 Å². The SMILES string of the molecule is COc1cccc(N=C2NC(=O)/C(=C/c3ccc([N+](=O)[O-])cc3)S2)c1. The highest BCUT2D eigenvalue weighted by molar-refractivity contribution is 8.18. The fraction of sp³-hybridized carbons (Fsp3) is 0.0588. The van der Waals surface area contributed by atoms with Gasteiger partial charge >= 0.3 is 0 Å². The van der Waals surface area contributed by atoms with Crippen molar-refractivity contribution in [3.05, 3.63) is 69.1 Å². The number of carbonyl (C=O) groups excluding carboxylic acids is 1. The first kappa shape index (κ1) is 16.7. The number of nitrogens with zero attached hydrogens (tertiary/aromatic N) is 2. The van der Waals surface area contributed by atoms with Crippen LogP contribution >= 0.6 is 11.8 Å². The summed E-state index contributed by atoms with van der Waals surface area (Å²) >= 11 is 1.21. The molecule has 25 heavy (non-hydrogen) atoms. The van der Waals surface area contributed by atoms with Crippen LogP contribution < -0.4 is 10.1 Å². The average molecular weight is 355 g/mol. The Morgan fingerprint density at radius 2 is 2.00 bits per heavy atom. The molecule has 7 nitrogen and oxygen atoms in total. The van der Waals surface area contributed by atoms with Crippen molar-refractivity contribution in [2.24, 2.45) is 4.99 Å². The summed E-state index contributed by atoms with van der Waals surface area (Å²) < 4.78 is 5.14. The highest BCUT2D eigenvalue weighted by Gasteiger charge is 2.23. The molecule has 0 spiro atoms. The molecule has 1 heterocycles. The first-order valence-corrected chi connectivity index (χ1v) is 8.05. The van der Waals surface area contributed by atoms with Gasteiger partial charge in [0.25, 0.3) is 11.6 Å². The third-order valence-corrected chi connectivity index (χ3v) is 4.25. The van der Waals surface area contributed by atoms with Gasteiger partial charge < -0.3 is 10.1 Å². The third-order valence-electron chi connectivity index (χ3n) is 3.34. The van der Waals surface area contributed by atoms with Crippen molar-refractivity contribution in [2.75, 3.05) is 7.11 Å². The zero-order valence-electron chi connectivity index (χ0n) is 13.1. The average Bonchev–Trinajstić information content (AvgIpc) is 2.94. The molecule has 1 fully saturated rings. The van der Waals surface area contributed by atoms with Crippen molar-refractivity contribution in [1.82, 2.24) is 5.32 Å². The van der Waals surface area contributed by atoms with Crippen molar-refractivity contribution in [2.45, 2.75) is 0 Å². The molecule has 1 N–H and O–H groups in total. The van der Waals surface area contributed by atoms with E-state index < -0.39 is 4.92 Å². The second kappa shape index (κ2) is 7.18. The fourth-order valence-electron chi connectivity index (χ4n) is 2.12. The largest absolute Gasteiger partial charge is 0.497 e. The van der Waals surface area contributed by atoms with Crippen molar-refractivity contribution < 1.29 is 14.5 Å². The maximum absolute atomic E-state index is 12.1. The smallest absolute Gasteiger partial charge is 0.269 e. The van der Waals surface area contributed by atoms with Gasteiger partial charge in [-0.1, -0.05) is 6.07 Å². The van der Waals surface area contributed by atoms with Crippen molar-refractivity contribution in [3.8, 4) is 5.75 Å². The lowest BCUT2D eigenvalue weighted by Crippen LogP contribution is -2.19. The van der Waals surface area contributed by atoms with Gasteiger partial charge in [0, 0.05) is 18.2 Å². The summed E-state index contributed by atoms with van der Waals surface area (Å²) in [6.45, 7) is 0. The van der Waals surface area contributed by atoms with Crippen LogP contribution in [0.3, 0.4) is 0 Å². The number of rotatable bonds is 4. The number of methoxy groups -OCH3 is 1. The molecular formula is C17H13N3O4S. The van der Waals surface area contributed by atoms with E-state index in [-0.39, 0.29) is 11.6 Å². The lowest BCUT2D eigenvalue weighted by atomic mass is 10.2. The van der Waals surface area contributed by atoms with E-state index in [1.54, 1.807) is 37.5 Å². The third kappa shape index (κ3) is 4.04. The first-order chi connectivity index (χ1) is 12.0. The number of nitro groups is 1. The van der Waals surface area contributed by atoms with Gasteiger partial charge in [-0.05, 0) is 47.7 Å². The number of hydrogen-bond acceptors (Lipinski definition) is 6. The summed E-state index contributed by atoms with van der Waals surface area (Å²) in [4.78, 5) is 27.1. The molecule has 1 aliphatic heterocycles. The molecule has 2 aromatic rings. The van der Waals surface area contributed by atoms with Crippen LogP contribution in [-0.2, 0) is 4.79 Å². The van der Waals surface area contributed by atoms with E-state index in [1.807, 2.05) is 12.1 Å². The summed E-state index contributed by atoms with van der Waals surface area (Å²) in [5.74, 6) is 0.419. The van der Waals surface area contributed by atoms with Crippen LogP contribution in [-0.4, -0.2) is 23.1 Å². The maximum Gasteiger partial charge on any atom is 0.269 e. The number of benzene rings is 2. The Kier molecular flexibility index (Phi) is 4.80. The zero-order valence-corrected chi connectivity index (χ0v) is 13.9. The van der Waals surface area contributed by atoms with Gasteiger partial charge in [-0.2, -0.15) is 0 Å². The van der Waals surface area contributed by atoms with Gasteiger partial charge in [-0.25, -0.2) is 4.99 Å². The minimum absolute atomic E-state index is 0.00551. The molecule has 8 heteroatoms. The molecule has 3 rings (SSSR count). The summed E-state index contributed by atoms with van der Waals surface area (Å²) in [6.07, 6.45) is 1.66. The number of amidine groups is 1. The van der Waals surface area contributed by atoms with Crippen LogP contribution in [0.4, 0.5) is 11.4 Å². The zero-order chi connectivity index (χ0) is 17.8. The molecule has 2 aromatic carbocycles. The number of amides is 1. The second-order valence-corrected chi connectivity index (χ2v) is 6.06. The van der Waals surface area contributed by atoms with E-state index in [1.165, 1.54) is 23.9 Å². The van der Waals surface area contributed by atoms with Crippen molar-refractivity contribution in [3.63, 3.8) is 0 Å². The Balaban J connectivity index is 1.79. The monoisotopic (exact) mass is 355 g/mol. The van der Waals surface area contributed by atoms with Gasteiger partial charge in [-0.3, -0.25) is 14.9 Å². The Morgan fingerprint density at radius 3 is 2.68 bits per heavy atom. The summed E-state index contributed by atoms with van der Waals surface area (Å²) in [6, 6.07) is 13.2. The lowest BCUT2D eigenvalue weighted by Gasteiger charge is -2.00. The number of nitrogens with one attached hydrogen (secondary N) is 1. The number of ether oxygens (including phenoxy) is 1. The molecule has 0 saturated carbocycles. The molecule has 0 bridgehead atoms. The molecule has 1 amide bonds. The molecule has 1 saturated heterocycles. The van der Waals surface area contributed by atoms with Gasteiger partial charge in [0.05, 0.1) is 22.6 Å². The summed E-state index contributed by atoms with van der Waals surface area (Å²) in [7, 11) is 1.57. The molecule has 1 aliphatic rings. The fourth-order valence-corrected chi connectivity index (χ4v) is 2.96. The minimum Gasteiger partial charge on any atom is -0.497 e. The number of thioether (sulfide) groups is 1. The number of aliphatic imine (C=N–C) groups is 1. The van der Waals surface area contributed by atoms with Crippen LogP contribution in [0.15, 0.2) is 58.4 Å². The highest BCUT2D eigenvalue weighted by Crippen LogP contribution is 2.29. The quantitative estimate of drug-likeness (QED) is 0.515. The van der Waals surface area contributed by atoms with Crippen molar-refractivity contribution >= 4 is 40.3 Å². The minimum atomic E-state index is -0.465. The molecule has 0 aromatic heterocycles. The number of nitro benzene ring substituents is 1. The van der Waals surface area contributed by atoms with E-state index in [0.717, 1.165) is 0 Å². The maximum atomic E-state index is 12.1. The predicted octanol–water partition coefficient (Wildman–Crippen LogP) is 3.50. The van der Waals surface area contributed by atoms with E-state index in [2.05, 4.69) is 10.3 Å². The van der Waals surface area contributed by atoms with E-state index >= 15 is 0 Å². The van der Waals surface area contributed by atoms with Gasteiger partial charge in [0.2, 0.25) is 0 Å². The van der Waals surface area contributed by atoms with Crippen LogP contribution in [0.1, 0.15) is 5.56 Å². The number of hydrogen-bond donors (Lipinski definition) is 1.